The second-order valence-electron chi connectivity index (χ2n) is 6.82. The van der Waals surface area contributed by atoms with Gasteiger partial charge in [-0.3, -0.25) is 9.59 Å². The van der Waals surface area contributed by atoms with Gasteiger partial charge in [0.25, 0.3) is 0 Å². The molecule has 0 atom stereocenters. The molecule has 0 bridgehead atoms. The maximum Gasteiger partial charge on any atom is 0.408 e. The molecular weight excluding hydrogens is 312 g/mol. The molecule has 8 nitrogen and oxygen atoms in total. The van der Waals surface area contributed by atoms with Crippen LogP contribution in [-0.2, 0) is 14.3 Å². The van der Waals surface area contributed by atoms with Crippen molar-refractivity contribution in [1.82, 2.24) is 15.5 Å². The van der Waals surface area contributed by atoms with Gasteiger partial charge in [0.1, 0.15) is 18.6 Å². The van der Waals surface area contributed by atoms with Crippen LogP contribution in [0.2, 0.25) is 0 Å². The number of likely N-dealkylation sites (tertiary alicyclic amines) is 1. The highest BCUT2D eigenvalue weighted by Crippen LogP contribution is 2.16. The van der Waals surface area contributed by atoms with Crippen LogP contribution in [0.5, 0.6) is 0 Å². The van der Waals surface area contributed by atoms with Crippen molar-refractivity contribution in [3.8, 4) is 6.07 Å². The van der Waals surface area contributed by atoms with Gasteiger partial charge >= 0.3 is 6.09 Å². The zero-order valence-corrected chi connectivity index (χ0v) is 14.6. The first kappa shape index (κ1) is 19.7. The third-order valence-electron chi connectivity index (χ3n) is 3.58. The van der Waals surface area contributed by atoms with Crippen LogP contribution in [0.3, 0.4) is 0 Å². The number of nitriles is 1. The van der Waals surface area contributed by atoms with Crippen molar-refractivity contribution in [3.63, 3.8) is 0 Å². The molecule has 3 amide bonds. The van der Waals surface area contributed by atoms with Gasteiger partial charge in [0.2, 0.25) is 11.8 Å². The number of rotatable bonds is 5. The lowest BCUT2D eigenvalue weighted by atomic mass is 9.96. The molecule has 134 valence electrons. The van der Waals surface area contributed by atoms with Gasteiger partial charge in [-0.15, -0.1) is 0 Å². The molecule has 2 N–H and O–H groups in total. The van der Waals surface area contributed by atoms with Crippen LogP contribution in [0.1, 0.15) is 40.0 Å². The summed E-state index contributed by atoms with van der Waals surface area (Å²) in [4.78, 5) is 36.6. The standard InChI is InChI=1S/C16H26N4O4/c1-16(2,3)24-15(23)19-11-14(22)20-8-5-12(6-9-20)10-18-13(21)4-7-17/h12H,4-6,8-11H2,1-3H3,(H,18,21)(H,19,23). The first-order chi connectivity index (χ1) is 11.2. The molecule has 1 saturated heterocycles. The quantitative estimate of drug-likeness (QED) is 0.769. The summed E-state index contributed by atoms with van der Waals surface area (Å²) >= 11 is 0. The van der Waals surface area contributed by atoms with Gasteiger partial charge in [-0.05, 0) is 39.5 Å². The van der Waals surface area contributed by atoms with Crippen LogP contribution < -0.4 is 10.6 Å². The summed E-state index contributed by atoms with van der Waals surface area (Å²) in [5.74, 6) is -0.110. The van der Waals surface area contributed by atoms with Gasteiger partial charge in [0.15, 0.2) is 0 Å². The molecule has 1 aliphatic rings. The SMILES string of the molecule is CC(C)(C)OC(=O)NCC(=O)N1CCC(CNC(=O)CC#N)CC1. The van der Waals surface area contributed by atoms with E-state index in [0.29, 0.717) is 25.6 Å². The predicted octanol–water partition coefficient (Wildman–Crippen LogP) is 0.780. The van der Waals surface area contributed by atoms with Gasteiger partial charge in [0, 0.05) is 19.6 Å². The van der Waals surface area contributed by atoms with E-state index in [0.717, 1.165) is 12.8 Å². The van der Waals surface area contributed by atoms with Crippen LogP contribution in [0.15, 0.2) is 0 Å². The number of amides is 3. The Morgan fingerprint density at radius 2 is 1.83 bits per heavy atom. The monoisotopic (exact) mass is 338 g/mol. The maximum absolute atomic E-state index is 12.1. The number of nitrogens with zero attached hydrogens (tertiary/aromatic N) is 2. The molecule has 0 spiro atoms. The van der Waals surface area contributed by atoms with Crippen molar-refractivity contribution in [3.05, 3.63) is 0 Å². The van der Waals surface area contributed by atoms with E-state index >= 15 is 0 Å². The van der Waals surface area contributed by atoms with Crippen LogP contribution in [0.4, 0.5) is 4.79 Å². The lowest BCUT2D eigenvalue weighted by molar-refractivity contribution is -0.131. The number of carbonyl (C=O) groups excluding carboxylic acids is 3. The van der Waals surface area contributed by atoms with Crippen molar-refractivity contribution in [2.24, 2.45) is 5.92 Å². The number of piperidine rings is 1. The van der Waals surface area contributed by atoms with Gasteiger partial charge in [0.05, 0.1) is 6.07 Å². The van der Waals surface area contributed by atoms with E-state index < -0.39 is 11.7 Å². The maximum atomic E-state index is 12.1. The Morgan fingerprint density at radius 1 is 1.21 bits per heavy atom. The molecule has 24 heavy (non-hydrogen) atoms. The second-order valence-corrected chi connectivity index (χ2v) is 6.82. The molecule has 8 heteroatoms. The van der Waals surface area contributed by atoms with Crippen molar-refractivity contribution < 1.29 is 19.1 Å². The number of alkyl carbamates (subject to hydrolysis) is 1. The molecule has 0 aromatic heterocycles. The minimum absolute atomic E-state index is 0.0848. The molecule has 1 fully saturated rings. The molecule has 0 aliphatic carbocycles. The third-order valence-corrected chi connectivity index (χ3v) is 3.58. The zero-order chi connectivity index (χ0) is 18.2. The van der Waals surface area contributed by atoms with Crippen molar-refractivity contribution in [2.45, 2.75) is 45.6 Å². The first-order valence-corrected chi connectivity index (χ1v) is 8.09. The highest BCUT2D eigenvalue weighted by atomic mass is 16.6. The normalized spacial score (nSPS) is 15.3. The minimum atomic E-state index is -0.606. The predicted molar refractivity (Wildman–Crippen MR) is 86.8 cm³/mol. The average molecular weight is 338 g/mol. The summed E-state index contributed by atoms with van der Waals surface area (Å²) in [7, 11) is 0. The summed E-state index contributed by atoms with van der Waals surface area (Å²) < 4.78 is 5.08. The molecule has 0 aromatic rings. The fraction of sp³-hybridized carbons (Fsp3) is 0.750. The Morgan fingerprint density at radius 3 is 2.38 bits per heavy atom. The van der Waals surface area contributed by atoms with Crippen molar-refractivity contribution in [2.75, 3.05) is 26.2 Å². The van der Waals surface area contributed by atoms with Gasteiger partial charge < -0.3 is 20.3 Å². The van der Waals surface area contributed by atoms with E-state index in [4.69, 9.17) is 10.00 Å². The zero-order valence-electron chi connectivity index (χ0n) is 14.6. The van der Waals surface area contributed by atoms with Crippen LogP contribution in [-0.4, -0.2) is 54.6 Å². The van der Waals surface area contributed by atoms with E-state index in [2.05, 4.69) is 10.6 Å². The van der Waals surface area contributed by atoms with Crippen LogP contribution in [0, 0.1) is 17.2 Å². The summed E-state index contributed by atoms with van der Waals surface area (Å²) in [5, 5.41) is 13.6. The second kappa shape index (κ2) is 9.11. The number of carbonyl (C=O) groups is 3. The Balaban J connectivity index is 2.24. The molecule has 0 unspecified atom stereocenters. The first-order valence-electron chi connectivity index (χ1n) is 8.09. The third kappa shape index (κ3) is 7.81. The van der Waals surface area contributed by atoms with Crippen LogP contribution >= 0.6 is 0 Å². The summed E-state index contributed by atoms with van der Waals surface area (Å²) in [6.07, 6.45) is 0.829. The summed E-state index contributed by atoms with van der Waals surface area (Å²) in [6, 6.07) is 1.80. The van der Waals surface area contributed by atoms with Crippen LogP contribution in [0.25, 0.3) is 0 Å². The Kier molecular flexibility index (Phi) is 7.49. The summed E-state index contributed by atoms with van der Waals surface area (Å²) in [5.41, 5.74) is -0.596. The lowest BCUT2D eigenvalue weighted by Crippen LogP contribution is -2.46. The number of hydrogen-bond acceptors (Lipinski definition) is 5. The van der Waals surface area contributed by atoms with E-state index in [-0.39, 0.29) is 24.8 Å². The van der Waals surface area contributed by atoms with Gasteiger partial charge in [-0.25, -0.2) is 4.79 Å². The van der Waals surface area contributed by atoms with E-state index in [9.17, 15) is 14.4 Å². The number of nitrogens with one attached hydrogen (secondary N) is 2. The van der Waals surface area contributed by atoms with E-state index in [1.54, 1.807) is 31.7 Å². The van der Waals surface area contributed by atoms with Crippen molar-refractivity contribution in [1.29, 1.82) is 5.26 Å². The average Bonchev–Trinajstić information content (AvgIpc) is 2.50. The lowest BCUT2D eigenvalue weighted by Gasteiger charge is -2.32. The molecule has 1 aliphatic heterocycles. The minimum Gasteiger partial charge on any atom is -0.444 e. The summed E-state index contributed by atoms with van der Waals surface area (Å²) in [6.45, 7) is 6.90. The highest BCUT2D eigenvalue weighted by Gasteiger charge is 2.24. The Hall–Kier alpha value is -2.30. The Labute approximate surface area is 142 Å². The number of ether oxygens (including phenoxy) is 1. The molecule has 0 radical (unpaired) electrons. The van der Waals surface area contributed by atoms with E-state index in [1.807, 2.05) is 0 Å². The Bertz CT molecular complexity index is 499. The molecular formula is C16H26N4O4. The highest BCUT2D eigenvalue weighted by molar-refractivity contribution is 5.82. The molecule has 0 saturated carbocycles. The molecule has 0 aromatic carbocycles. The number of hydrogen-bond donors (Lipinski definition) is 2. The van der Waals surface area contributed by atoms with Gasteiger partial charge in [-0.2, -0.15) is 5.26 Å². The van der Waals surface area contributed by atoms with Gasteiger partial charge in [-0.1, -0.05) is 0 Å². The van der Waals surface area contributed by atoms with Crippen molar-refractivity contribution >= 4 is 17.9 Å². The topological polar surface area (TPSA) is 112 Å². The molecule has 1 rings (SSSR count). The smallest absolute Gasteiger partial charge is 0.408 e. The fourth-order valence-corrected chi connectivity index (χ4v) is 2.35. The fourth-order valence-electron chi connectivity index (χ4n) is 2.35. The van der Waals surface area contributed by atoms with E-state index in [1.165, 1.54) is 0 Å². The largest absolute Gasteiger partial charge is 0.444 e. The molecule has 1 heterocycles.